The molecule has 0 saturated carbocycles. The quantitative estimate of drug-likeness (QED) is 0.524. The molecule has 0 bridgehead atoms. The topological polar surface area (TPSA) is 53.7 Å². The molecule has 2 N–H and O–H groups in total. The molecule has 0 aliphatic carbocycles. The predicted octanol–water partition coefficient (Wildman–Crippen LogP) is 1.66. The van der Waals surface area contributed by atoms with E-state index in [4.69, 9.17) is 19.0 Å². The number of hydrogen-bond donors (Lipinski definition) is 1. The van der Waals surface area contributed by atoms with E-state index in [1.54, 1.807) is 0 Å². The van der Waals surface area contributed by atoms with Crippen LogP contribution in [-0.2, 0) is 13.3 Å². The van der Waals surface area contributed by atoms with E-state index >= 15 is 0 Å². The van der Waals surface area contributed by atoms with Crippen LogP contribution in [0.1, 0.15) is 26.7 Å². The van der Waals surface area contributed by atoms with Gasteiger partial charge in [-0.1, -0.05) is 30.3 Å². The van der Waals surface area contributed by atoms with Gasteiger partial charge in [-0.05, 0) is 33.2 Å². The maximum atomic E-state index is 6.04. The first kappa shape index (κ1) is 16.3. The van der Waals surface area contributed by atoms with E-state index in [-0.39, 0.29) is 0 Å². The summed E-state index contributed by atoms with van der Waals surface area (Å²) >= 11 is 0. The lowest BCUT2D eigenvalue weighted by atomic mass is 10.3. The lowest BCUT2D eigenvalue weighted by Gasteiger charge is -2.29. The smallest absolute Gasteiger partial charge is 0.370 e. The minimum Gasteiger partial charge on any atom is -0.370 e. The standard InChI is InChI=1S/C14H25NO3Si/c1-3-16-19(17-4-2,18-13-9-8-12-15)14-10-6-5-7-11-14/h5-7,10-11H,3-4,8-9,12-13,15H2,1-2H3. The van der Waals surface area contributed by atoms with E-state index in [0.29, 0.717) is 26.4 Å². The van der Waals surface area contributed by atoms with E-state index in [1.165, 1.54) is 0 Å². The SMILES string of the molecule is CCO[Si](OCC)(OCCCCN)c1ccccc1. The molecule has 4 nitrogen and oxygen atoms in total. The first-order chi connectivity index (χ1) is 9.29. The Morgan fingerprint density at radius 3 is 2.11 bits per heavy atom. The highest BCUT2D eigenvalue weighted by Crippen LogP contribution is 2.11. The molecule has 0 aromatic heterocycles. The highest BCUT2D eigenvalue weighted by atomic mass is 28.4. The maximum absolute atomic E-state index is 6.04. The Kier molecular flexibility index (Phi) is 7.93. The summed E-state index contributed by atoms with van der Waals surface area (Å²) in [6, 6.07) is 9.98. The summed E-state index contributed by atoms with van der Waals surface area (Å²) < 4.78 is 17.8. The third-order valence-electron chi connectivity index (χ3n) is 2.69. The third-order valence-corrected chi connectivity index (χ3v) is 5.65. The molecule has 0 aliphatic heterocycles. The molecule has 0 spiro atoms. The van der Waals surface area contributed by atoms with Crippen LogP contribution in [0, 0.1) is 0 Å². The van der Waals surface area contributed by atoms with Crippen molar-refractivity contribution in [2.24, 2.45) is 5.73 Å². The number of rotatable bonds is 10. The van der Waals surface area contributed by atoms with Gasteiger partial charge in [0, 0.05) is 25.0 Å². The Balaban J connectivity index is 2.81. The van der Waals surface area contributed by atoms with Crippen LogP contribution in [0.4, 0.5) is 0 Å². The first-order valence-electron chi connectivity index (χ1n) is 6.96. The molecule has 0 saturated heterocycles. The average molecular weight is 283 g/mol. The van der Waals surface area contributed by atoms with E-state index in [2.05, 4.69) is 0 Å². The Morgan fingerprint density at radius 2 is 1.58 bits per heavy atom. The monoisotopic (exact) mass is 283 g/mol. The second kappa shape index (κ2) is 9.22. The minimum absolute atomic E-state index is 0.581. The van der Waals surface area contributed by atoms with Gasteiger partial charge >= 0.3 is 8.80 Å². The summed E-state index contributed by atoms with van der Waals surface area (Å²) in [4.78, 5) is 0. The zero-order chi connectivity index (χ0) is 14.0. The van der Waals surface area contributed by atoms with Crippen LogP contribution < -0.4 is 10.9 Å². The van der Waals surface area contributed by atoms with E-state index in [9.17, 15) is 0 Å². The molecular weight excluding hydrogens is 258 g/mol. The minimum atomic E-state index is -2.76. The van der Waals surface area contributed by atoms with Crippen molar-refractivity contribution >= 4 is 14.0 Å². The van der Waals surface area contributed by atoms with Gasteiger partial charge in [-0.2, -0.15) is 0 Å². The van der Waals surface area contributed by atoms with Gasteiger partial charge in [0.1, 0.15) is 0 Å². The highest BCUT2D eigenvalue weighted by molar-refractivity contribution is 6.75. The van der Waals surface area contributed by atoms with Crippen LogP contribution in [-0.4, -0.2) is 35.2 Å². The van der Waals surface area contributed by atoms with Crippen LogP contribution in [0.3, 0.4) is 0 Å². The van der Waals surface area contributed by atoms with Gasteiger partial charge < -0.3 is 19.0 Å². The van der Waals surface area contributed by atoms with Crippen LogP contribution in [0.5, 0.6) is 0 Å². The zero-order valence-electron chi connectivity index (χ0n) is 11.9. The third kappa shape index (κ3) is 5.04. The maximum Gasteiger partial charge on any atom is 0.537 e. The summed E-state index contributed by atoms with van der Waals surface area (Å²) in [5, 5.41) is 1.02. The summed E-state index contributed by atoms with van der Waals surface area (Å²) in [6.45, 7) is 6.40. The fourth-order valence-electron chi connectivity index (χ4n) is 1.85. The molecule has 0 heterocycles. The molecule has 108 valence electrons. The van der Waals surface area contributed by atoms with Gasteiger partial charge in [0.05, 0.1) is 0 Å². The van der Waals surface area contributed by atoms with Gasteiger partial charge in [-0.15, -0.1) is 0 Å². The largest absolute Gasteiger partial charge is 0.537 e. The van der Waals surface area contributed by atoms with Gasteiger partial charge in [0.15, 0.2) is 0 Å². The van der Waals surface area contributed by atoms with Crippen molar-refractivity contribution < 1.29 is 13.3 Å². The molecule has 19 heavy (non-hydrogen) atoms. The van der Waals surface area contributed by atoms with Crippen molar-refractivity contribution in [2.75, 3.05) is 26.4 Å². The van der Waals surface area contributed by atoms with Crippen molar-refractivity contribution in [2.45, 2.75) is 26.7 Å². The second-order valence-electron chi connectivity index (χ2n) is 4.13. The molecular formula is C14H25NO3Si. The number of hydrogen-bond acceptors (Lipinski definition) is 4. The highest BCUT2D eigenvalue weighted by Gasteiger charge is 2.43. The summed E-state index contributed by atoms with van der Waals surface area (Å²) in [6.07, 6.45) is 1.88. The van der Waals surface area contributed by atoms with E-state index < -0.39 is 8.80 Å². The van der Waals surface area contributed by atoms with Gasteiger partial charge in [-0.3, -0.25) is 0 Å². The predicted molar refractivity (Wildman–Crippen MR) is 79.3 cm³/mol. The van der Waals surface area contributed by atoms with Crippen LogP contribution in [0.15, 0.2) is 30.3 Å². The Hall–Kier alpha value is -0.723. The van der Waals surface area contributed by atoms with Crippen molar-refractivity contribution in [1.29, 1.82) is 0 Å². The Labute approximate surface area is 117 Å². The molecule has 1 aromatic carbocycles. The lowest BCUT2D eigenvalue weighted by molar-refractivity contribution is 0.0801. The molecule has 1 rings (SSSR count). The summed E-state index contributed by atoms with van der Waals surface area (Å²) in [5.74, 6) is 0. The second-order valence-corrected chi connectivity index (χ2v) is 6.69. The van der Waals surface area contributed by atoms with Crippen LogP contribution in [0.2, 0.25) is 0 Å². The number of unbranched alkanes of at least 4 members (excludes halogenated alkanes) is 1. The molecule has 0 fully saturated rings. The average Bonchev–Trinajstić information content (AvgIpc) is 2.45. The Bertz CT molecular complexity index is 329. The molecule has 0 amide bonds. The first-order valence-corrected chi connectivity index (χ1v) is 8.69. The Morgan fingerprint density at radius 1 is 0.947 bits per heavy atom. The van der Waals surface area contributed by atoms with Crippen LogP contribution in [0.25, 0.3) is 0 Å². The number of nitrogens with two attached hydrogens (primary N) is 1. The summed E-state index contributed by atoms with van der Waals surface area (Å²) in [5.41, 5.74) is 5.50. The van der Waals surface area contributed by atoms with E-state index in [0.717, 1.165) is 18.0 Å². The van der Waals surface area contributed by atoms with E-state index in [1.807, 2.05) is 44.2 Å². The van der Waals surface area contributed by atoms with Crippen LogP contribution >= 0.6 is 0 Å². The molecule has 0 unspecified atom stereocenters. The van der Waals surface area contributed by atoms with Gasteiger partial charge in [-0.25, -0.2) is 0 Å². The van der Waals surface area contributed by atoms with Crippen molar-refractivity contribution in [3.05, 3.63) is 30.3 Å². The molecule has 0 radical (unpaired) electrons. The fraction of sp³-hybridized carbons (Fsp3) is 0.571. The van der Waals surface area contributed by atoms with Crippen molar-refractivity contribution in [3.63, 3.8) is 0 Å². The molecule has 5 heteroatoms. The number of benzene rings is 1. The molecule has 1 aromatic rings. The molecule has 0 atom stereocenters. The van der Waals surface area contributed by atoms with Crippen molar-refractivity contribution in [3.8, 4) is 0 Å². The lowest BCUT2D eigenvalue weighted by Crippen LogP contribution is -2.57. The summed E-state index contributed by atoms with van der Waals surface area (Å²) in [7, 11) is -2.76. The normalized spacial score (nSPS) is 11.7. The van der Waals surface area contributed by atoms with Gasteiger partial charge in [0.2, 0.25) is 0 Å². The fourth-order valence-corrected chi connectivity index (χ4v) is 4.37. The zero-order valence-corrected chi connectivity index (χ0v) is 12.9. The van der Waals surface area contributed by atoms with Gasteiger partial charge in [0.25, 0.3) is 0 Å². The van der Waals surface area contributed by atoms with Crippen molar-refractivity contribution in [1.82, 2.24) is 0 Å². The molecule has 0 aliphatic rings.